The number of piperidine rings is 1. The molecule has 2 saturated heterocycles. The molecule has 17 nitrogen and oxygen atoms in total. The van der Waals surface area contributed by atoms with Crippen molar-refractivity contribution in [1.82, 2.24) is 41.0 Å². The maximum atomic E-state index is 13.2. The van der Waals surface area contributed by atoms with E-state index < -0.39 is 11.9 Å². The highest BCUT2D eigenvalue weighted by Crippen LogP contribution is 2.31. The fourth-order valence-electron chi connectivity index (χ4n) is 8.77. The van der Waals surface area contributed by atoms with E-state index in [0.29, 0.717) is 65.8 Å². The number of amides is 6. The summed E-state index contributed by atoms with van der Waals surface area (Å²) in [6.45, 7) is 4.67. The lowest BCUT2D eigenvalue weighted by Gasteiger charge is -2.37. The third kappa shape index (κ3) is 11.2. The summed E-state index contributed by atoms with van der Waals surface area (Å²) in [5.41, 5.74) is 4.97. The highest BCUT2D eigenvalue weighted by Gasteiger charge is 2.39. The van der Waals surface area contributed by atoms with Crippen molar-refractivity contribution in [2.75, 3.05) is 68.5 Å². The molecular weight excluding hydrogens is 862 g/mol. The molecule has 1 atom stereocenters. The number of nitrogens with zero attached hydrogens (tertiary/aromatic N) is 5. The Bertz CT molecular complexity index is 2500. The first-order valence-electron chi connectivity index (χ1n) is 22.5. The van der Waals surface area contributed by atoms with Crippen molar-refractivity contribution in [3.05, 3.63) is 100 Å². The molecule has 4 heterocycles. The van der Waals surface area contributed by atoms with Gasteiger partial charge in [-0.05, 0) is 99.2 Å². The molecule has 1 saturated carbocycles. The molecule has 6 amide bonds. The van der Waals surface area contributed by atoms with E-state index >= 15 is 0 Å². The number of hydrogen-bond donors (Lipinski definition) is 6. The van der Waals surface area contributed by atoms with Crippen molar-refractivity contribution < 1.29 is 28.7 Å². The maximum Gasteiger partial charge on any atom is 0.317 e. The first-order chi connectivity index (χ1) is 32.1. The summed E-state index contributed by atoms with van der Waals surface area (Å²) >= 11 is 6.41. The standard InChI is InChI=1S/C48H54ClN11O6/c1-50-44(62)37-9-2-3-11-40(37)55-43-39(49)29-52-47(57-43)53-33-16-18-35(19-17-33)58-23-25-59(26-24-58)48(65)54-34-14-12-32(13-15-34)51-22-6-28-66-27-5-8-31-7-4-10-36-38(31)30-60(46(36)64)41-20-21-42(61)56-45(41)63/h2-4,7,9-11,16-19,29,32,34,41,51H,6,12-15,20-28,30H2,1H3,(H,50,62)(H,54,65)(H,56,61,63)(H2,52,53,55,57). The minimum Gasteiger partial charge on any atom is -0.369 e. The van der Waals surface area contributed by atoms with Gasteiger partial charge >= 0.3 is 6.03 Å². The maximum absolute atomic E-state index is 13.2. The van der Waals surface area contributed by atoms with Gasteiger partial charge in [0.25, 0.3) is 11.8 Å². The molecule has 4 aromatic rings. The van der Waals surface area contributed by atoms with Gasteiger partial charge in [-0.25, -0.2) is 9.78 Å². The van der Waals surface area contributed by atoms with Crippen molar-refractivity contribution in [2.24, 2.45) is 0 Å². The number of ether oxygens (including phenoxy) is 1. The van der Waals surface area contributed by atoms with Crippen molar-refractivity contribution in [1.29, 1.82) is 0 Å². The summed E-state index contributed by atoms with van der Waals surface area (Å²) < 4.78 is 5.78. The monoisotopic (exact) mass is 915 g/mol. The van der Waals surface area contributed by atoms with Gasteiger partial charge in [0.05, 0.1) is 17.4 Å². The SMILES string of the molecule is CNC(=O)c1ccccc1Nc1nc(Nc2ccc(N3CCN(C(=O)NC4CCC(NCCCOCC#Cc5cccc6c5CN(C5CCC(=O)NC5=O)C6=O)CC4)CC3)cc2)ncc1Cl. The van der Waals surface area contributed by atoms with E-state index in [2.05, 4.69) is 58.6 Å². The quantitative estimate of drug-likeness (QED) is 0.0567. The van der Waals surface area contributed by atoms with E-state index in [1.165, 1.54) is 11.1 Å². The van der Waals surface area contributed by atoms with Crippen LogP contribution in [-0.2, 0) is 20.9 Å². The number of aromatic nitrogens is 2. The average molecular weight is 916 g/mol. The van der Waals surface area contributed by atoms with Crippen LogP contribution in [0.3, 0.4) is 0 Å². The molecule has 1 aromatic heterocycles. The minimum absolute atomic E-state index is 0.000802. The van der Waals surface area contributed by atoms with E-state index in [1.54, 1.807) is 37.4 Å². The molecule has 8 rings (SSSR count). The van der Waals surface area contributed by atoms with Crippen LogP contribution in [0.15, 0.2) is 72.9 Å². The number of rotatable bonds is 14. The van der Waals surface area contributed by atoms with Gasteiger partial charge in [0.1, 0.15) is 17.7 Å². The Kier molecular flexibility index (Phi) is 14.9. The van der Waals surface area contributed by atoms with Gasteiger partial charge in [0, 0.05) is 87.4 Å². The summed E-state index contributed by atoms with van der Waals surface area (Å²) in [6, 6.07) is 20.4. The second-order valence-electron chi connectivity index (χ2n) is 16.7. The lowest BCUT2D eigenvalue weighted by atomic mass is 9.91. The van der Waals surface area contributed by atoms with Crippen LogP contribution in [0, 0.1) is 11.8 Å². The Morgan fingerprint density at radius 2 is 1.68 bits per heavy atom. The number of benzene rings is 3. The first-order valence-corrected chi connectivity index (χ1v) is 22.9. The van der Waals surface area contributed by atoms with Gasteiger partial charge in [-0.15, -0.1) is 0 Å². The summed E-state index contributed by atoms with van der Waals surface area (Å²) in [7, 11) is 1.58. The zero-order valence-corrected chi connectivity index (χ0v) is 37.6. The molecule has 3 aromatic carbocycles. The second kappa shape index (κ2) is 21.5. The van der Waals surface area contributed by atoms with Gasteiger partial charge < -0.3 is 46.0 Å². The smallest absolute Gasteiger partial charge is 0.317 e. The van der Waals surface area contributed by atoms with Crippen LogP contribution in [0.5, 0.6) is 0 Å². The highest BCUT2D eigenvalue weighted by atomic mass is 35.5. The molecule has 1 aliphatic carbocycles. The van der Waals surface area contributed by atoms with Crippen LogP contribution in [-0.4, -0.2) is 121 Å². The normalized spacial score (nSPS) is 19.3. The van der Waals surface area contributed by atoms with Gasteiger partial charge in [-0.3, -0.25) is 24.5 Å². The largest absolute Gasteiger partial charge is 0.369 e. The number of nitrogens with one attached hydrogen (secondary N) is 6. The number of hydrogen-bond acceptors (Lipinski definition) is 12. The molecule has 1 unspecified atom stereocenters. The summed E-state index contributed by atoms with van der Waals surface area (Å²) in [6.07, 6.45) is 6.74. The fourth-order valence-corrected chi connectivity index (χ4v) is 8.90. The van der Waals surface area contributed by atoms with Crippen molar-refractivity contribution in [3.63, 3.8) is 0 Å². The highest BCUT2D eigenvalue weighted by molar-refractivity contribution is 6.33. The van der Waals surface area contributed by atoms with E-state index in [-0.39, 0.29) is 49.4 Å². The zero-order valence-electron chi connectivity index (χ0n) is 36.8. The molecule has 0 radical (unpaired) electrons. The van der Waals surface area contributed by atoms with Crippen molar-refractivity contribution in [2.45, 2.75) is 69.6 Å². The van der Waals surface area contributed by atoms with Gasteiger partial charge in [0.15, 0.2) is 5.82 Å². The predicted molar refractivity (Wildman–Crippen MR) is 251 cm³/mol. The molecule has 18 heteroatoms. The number of imide groups is 1. The van der Waals surface area contributed by atoms with E-state index in [1.807, 2.05) is 41.3 Å². The van der Waals surface area contributed by atoms with E-state index in [4.69, 9.17) is 16.3 Å². The Hall–Kier alpha value is -6.74. The van der Waals surface area contributed by atoms with E-state index in [0.717, 1.165) is 74.2 Å². The summed E-state index contributed by atoms with van der Waals surface area (Å²) in [4.78, 5) is 77.2. The molecular formula is C48H54ClN11O6. The van der Waals surface area contributed by atoms with Gasteiger partial charge in [-0.2, -0.15) is 4.98 Å². The van der Waals surface area contributed by atoms with Gasteiger partial charge in [-0.1, -0.05) is 41.6 Å². The Balaban J connectivity index is 0.695. The predicted octanol–water partition coefficient (Wildman–Crippen LogP) is 4.93. The van der Waals surface area contributed by atoms with Crippen molar-refractivity contribution in [3.8, 4) is 11.8 Å². The third-order valence-corrected chi connectivity index (χ3v) is 12.7. The van der Waals surface area contributed by atoms with Crippen LogP contribution in [0.1, 0.15) is 76.8 Å². The topological polar surface area (TPSA) is 202 Å². The summed E-state index contributed by atoms with van der Waals surface area (Å²) in [5, 5.41) is 18.6. The number of piperazine rings is 1. The third-order valence-electron chi connectivity index (χ3n) is 12.4. The first kappa shape index (κ1) is 45.8. The van der Waals surface area contributed by atoms with E-state index in [9.17, 15) is 24.0 Å². The average Bonchev–Trinajstić information content (AvgIpc) is 3.67. The number of carbonyl (C=O) groups excluding carboxylic acids is 5. The Labute approximate surface area is 388 Å². The number of urea groups is 1. The van der Waals surface area contributed by atoms with Crippen molar-refractivity contribution >= 4 is 70.1 Å². The lowest BCUT2D eigenvalue weighted by Crippen LogP contribution is -2.54. The molecule has 4 aliphatic rings. The Morgan fingerprint density at radius 1 is 0.909 bits per heavy atom. The van der Waals surface area contributed by atoms with Crippen LogP contribution in [0.4, 0.5) is 33.6 Å². The molecule has 0 bridgehead atoms. The number of fused-ring (bicyclic) bond motifs is 1. The van der Waals surface area contributed by atoms with Crippen LogP contribution < -0.4 is 36.8 Å². The number of para-hydroxylation sites is 1. The molecule has 3 fully saturated rings. The molecule has 0 spiro atoms. The number of halogens is 1. The Morgan fingerprint density at radius 3 is 2.45 bits per heavy atom. The molecule has 66 heavy (non-hydrogen) atoms. The zero-order chi connectivity index (χ0) is 46.0. The molecule has 6 N–H and O–H groups in total. The van der Waals surface area contributed by atoms with Gasteiger partial charge in [0.2, 0.25) is 17.8 Å². The minimum atomic E-state index is -0.659. The number of carbonyl (C=O) groups is 5. The van der Waals surface area contributed by atoms with Crippen LogP contribution in [0.25, 0.3) is 0 Å². The van der Waals surface area contributed by atoms with Crippen LogP contribution >= 0.6 is 11.6 Å². The van der Waals surface area contributed by atoms with Crippen LogP contribution in [0.2, 0.25) is 5.02 Å². The molecule has 344 valence electrons. The number of anilines is 5. The summed E-state index contributed by atoms with van der Waals surface area (Å²) in [5.74, 6) is 5.73. The molecule has 3 aliphatic heterocycles. The lowest BCUT2D eigenvalue weighted by molar-refractivity contribution is -0.136. The second-order valence-corrected chi connectivity index (χ2v) is 17.1. The fraction of sp³-hybridized carbons (Fsp3) is 0.396.